The summed E-state index contributed by atoms with van der Waals surface area (Å²) in [5.41, 5.74) is 3.25. The minimum Gasteiger partial charge on any atom is -0.497 e. The van der Waals surface area contributed by atoms with Crippen molar-refractivity contribution in [3.8, 4) is 11.4 Å². The van der Waals surface area contributed by atoms with Crippen molar-refractivity contribution in [3.63, 3.8) is 0 Å². The first-order chi connectivity index (χ1) is 12.4. The average Bonchev–Trinajstić information content (AvgIpc) is 2.95. The fraction of sp³-hybridized carbons (Fsp3) is 0.368. The average molecular weight is 358 g/mol. The summed E-state index contributed by atoms with van der Waals surface area (Å²) in [6.07, 6.45) is -0.974. The molecule has 1 saturated heterocycles. The summed E-state index contributed by atoms with van der Waals surface area (Å²) in [5.74, 6) is -0.459. The fourth-order valence-electron chi connectivity index (χ4n) is 3.26. The topological polar surface area (TPSA) is 81.0 Å². The molecule has 7 nitrogen and oxygen atoms in total. The lowest BCUT2D eigenvalue weighted by molar-refractivity contribution is -0.154. The lowest BCUT2D eigenvalue weighted by atomic mass is 10.2. The molecule has 138 valence electrons. The number of hydrogen-bond acceptors (Lipinski definition) is 4. The van der Waals surface area contributed by atoms with Crippen LogP contribution in [0.2, 0.25) is 0 Å². The van der Waals surface area contributed by atoms with Crippen molar-refractivity contribution in [2.75, 3.05) is 26.8 Å². The van der Waals surface area contributed by atoms with Gasteiger partial charge in [-0.05, 0) is 44.2 Å². The van der Waals surface area contributed by atoms with Gasteiger partial charge in [-0.1, -0.05) is 0 Å². The van der Waals surface area contributed by atoms with Gasteiger partial charge in [0, 0.05) is 23.6 Å². The summed E-state index contributed by atoms with van der Waals surface area (Å²) in [7, 11) is 1.62. The summed E-state index contributed by atoms with van der Waals surface area (Å²) >= 11 is 0. The molecule has 0 spiro atoms. The van der Waals surface area contributed by atoms with E-state index in [1.807, 2.05) is 48.7 Å². The number of aromatic nitrogens is 1. The molecular weight excluding hydrogens is 336 g/mol. The van der Waals surface area contributed by atoms with Gasteiger partial charge in [0.05, 0.1) is 25.8 Å². The number of amides is 1. The van der Waals surface area contributed by atoms with Crippen LogP contribution in [-0.2, 0) is 9.53 Å². The molecule has 3 rings (SSSR count). The number of rotatable bonds is 4. The van der Waals surface area contributed by atoms with Crippen molar-refractivity contribution < 1.29 is 24.2 Å². The number of morpholine rings is 1. The Morgan fingerprint density at radius 2 is 1.92 bits per heavy atom. The van der Waals surface area contributed by atoms with Gasteiger partial charge in [-0.25, -0.2) is 4.79 Å². The highest BCUT2D eigenvalue weighted by Gasteiger charge is 2.31. The van der Waals surface area contributed by atoms with Gasteiger partial charge in [0.1, 0.15) is 5.75 Å². The molecule has 7 heteroatoms. The Morgan fingerprint density at radius 3 is 2.54 bits per heavy atom. The van der Waals surface area contributed by atoms with Crippen LogP contribution in [0.4, 0.5) is 0 Å². The molecule has 1 aromatic heterocycles. The molecular formula is C19H22N2O5. The molecule has 1 aliphatic rings. The number of carboxylic acid groups (broad SMARTS) is 1. The minimum absolute atomic E-state index is 0.0559. The van der Waals surface area contributed by atoms with E-state index in [0.717, 1.165) is 22.8 Å². The molecule has 1 amide bonds. The SMILES string of the molecule is COc1ccc(-n2c(C)cc(C(=O)N3CCO[C@@H](C(=O)O)C3)c2C)cc1. The van der Waals surface area contributed by atoms with Gasteiger partial charge in [-0.3, -0.25) is 4.79 Å². The van der Waals surface area contributed by atoms with E-state index in [4.69, 9.17) is 14.6 Å². The standard InChI is InChI=1S/C19H22N2O5/c1-12-10-16(18(22)20-8-9-26-17(11-20)19(23)24)13(2)21(12)14-4-6-15(25-3)7-5-14/h4-7,10,17H,8-9,11H2,1-3H3,(H,23,24)/t17-/m1/s1. The smallest absolute Gasteiger partial charge is 0.334 e. The quantitative estimate of drug-likeness (QED) is 0.904. The van der Waals surface area contributed by atoms with Crippen molar-refractivity contribution in [2.24, 2.45) is 0 Å². The Morgan fingerprint density at radius 1 is 1.23 bits per heavy atom. The fourth-order valence-corrected chi connectivity index (χ4v) is 3.26. The van der Waals surface area contributed by atoms with Crippen molar-refractivity contribution in [1.29, 1.82) is 0 Å². The third-order valence-electron chi connectivity index (χ3n) is 4.62. The second-order valence-electron chi connectivity index (χ2n) is 6.27. The van der Waals surface area contributed by atoms with Crippen molar-refractivity contribution in [2.45, 2.75) is 20.0 Å². The van der Waals surface area contributed by atoms with E-state index in [1.165, 1.54) is 0 Å². The van der Waals surface area contributed by atoms with Crippen molar-refractivity contribution in [1.82, 2.24) is 9.47 Å². The van der Waals surface area contributed by atoms with Gasteiger partial charge >= 0.3 is 5.97 Å². The molecule has 26 heavy (non-hydrogen) atoms. The predicted molar refractivity (Wildman–Crippen MR) is 95.1 cm³/mol. The van der Waals surface area contributed by atoms with Crippen LogP contribution in [0.1, 0.15) is 21.7 Å². The molecule has 0 unspecified atom stereocenters. The van der Waals surface area contributed by atoms with E-state index in [2.05, 4.69) is 0 Å². The number of aliphatic carboxylic acids is 1. The Kier molecular flexibility index (Phi) is 4.99. The van der Waals surface area contributed by atoms with Crippen molar-refractivity contribution >= 4 is 11.9 Å². The highest BCUT2D eigenvalue weighted by Crippen LogP contribution is 2.24. The van der Waals surface area contributed by atoms with E-state index in [9.17, 15) is 9.59 Å². The number of aryl methyl sites for hydroxylation is 1. The van der Waals surface area contributed by atoms with E-state index >= 15 is 0 Å². The third-order valence-corrected chi connectivity index (χ3v) is 4.62. The van der Waals surface area contributed by atoms with Crippen LogP contribution in [0.3, 0.4) is 0 Å². The first kappa shape index (κ1) is 18.0. The Bertz CT molecular complexity index is 825. The normalized spacial score (nSPS) is 17.2. The summed E-state index contributed by atoms with van der Waals surface area (Å²) in [6.45, 7) is 4.49. The number of carbonyl (C=O) groups excluding carboxylic acids is 1. The molecule has 0 radical (unpaired) electrons. The zero-order chi connectivity index (χ0) is 18.8. The second-order valence-corrected chi connectivity index (χ2v) is 6.27. The van der Waals surface area contributed by atoms with Gasteiger partial charge in [0.2, 0.25) is 0 Å². The van der Waals surface area contributed by atoms with Crippen LogP contribution in [0.5, 0.6) is 5.75 Å². The van der Waals surface area contributed by atoms with Crippen LogP contribution >= 0.6 is 0 Å². The molecule has 0 aliphatic carbocycles. The second kappa shape index (κ2) is 7.21. The van der Waals surface area contributed by atoms with E-state index in [1.54, 1.807) is 12.0 Å². The van der Waals surface area contributed by atoms with Crippen LogP contribution in [-0.4, -0.2) is 59.4 Å². The molecule has 2 aromatic rings. The summed E-state index contributed by atoms with van der Waals surface area (Å²) in [6, 6.07) is 9.45. The Balaban J connectivity index is 1.89. The number of carbonyl (C=O) groups is 2. The lowest BCUT2D eigenvalue weighted by Crippen LogP contribution is -2.48. The van der Waals surface area contributed by atoms with Crippen LogP contribution in [0, 0.1) is 13.8 Å². The maximum Gasteiger partial charge on any atom is 0.334 e. The highest BCUT2D eigenvalue weighted by molar-refractivity contribution is 5.96. The monoisotopic (exact) mass is 358 g/mol. The zero-order valence-corrected chi connectivity index (χ0v) is 15.1. The first-order valence-corrected chi connectivity index (χ1v) is 8.39. The van der Waals surface area contributed by atoms with Gasteiger partial charge in [0.25, 0.3) is 5.91 Å². The van der Waals surface area contributed by atoms with Gasteiger partial charge in [-0.15, -0.1) is 0 Å². The molecule has 0 saturated carbocycles. The van der Waals surface area contributed by atoms with Crippen LogP contribution in [0.25, 0.3) is 5.69 Å². The maximum atomic E-state index is 12.9. The zero-order valence-electron chi connectivity index (χ0n) is 15.1. The summed E-state index contributed by atoms with van der Waals surface area (Å²) in [4.78, 5) is 25.6. The van der Waals surface area contributed by atoms with Gasteiger partial charge in [-0.2, -0.15) is 0 Å². The molecule has 1 atom stereocenters. The van der Waals surface area contributed by atoms with E-state index < -0.39 is 12.1 Å². The number of carboxylic acids is 1. The maximum absolute atomic E-state index is 12.9. The first-order valence-electron chi connectivity index (χ1n) is 8.39. The number of benzene rings is 1. The number of nitrogens with zero attached hydrogens (tertiary/aromatic N) is 2. The number of ether oxygens (including phenoxy) is 2. The lowest BCUT2D eigenvalue weighted by Gasteiger charge is -2.30. The largest absolute Gasteiger partial charge is 0.497 e. The Labute approximate surface area is 151 Å². The molecule has 1 aromatic carbocycles. The highest BCUT2D eigenvalue weighted by atomic mass is 16.5. The predicted octanol–water partition coefficient (Wildman–Crippen LogP) is 2.03. The van der Waals surface area contributed by atoms with E-state index in [0.29, 0.717) is 12.1 Å². The van der Waals surface area contributed by atoms with E-state index in [-0.39, 0.29) is 19.1 Å². The summed E-state index contributed by atoms with van der Waals surface area (Å²) < 4.78 is 12.4. The van der Waals surface area contributed by atoms with Crippen LogP contribution < -0.4 is 4.74 Å². The molecule has 1 N–H and O–H groups in total. The van der Waals surface area contributed by atoms with Crippen molar-refractivity contribution in [3.05, 3.63) is 47.3 Å². The minimum atomic E-state index is -1.05. The molecule has 2 heterocycles. The summed E-state index contributed by atoms with van der Waals surface area (Å²) in [5, 5.41) is 9.13. The third kappa shape index (κ3) is 3.30. The Hall–Kier alpha value is -2.80. The molecule has 0 bridgehead atoms. The van der Waals surface area contributed by atoms with Crippen LogP contribution in [0.15, 0.2) is 30.3 Å². The molecule has 1 fully saturated rings. The van der Waals surface area contributed by atoms with Gasteiger partial charge in [0.15, 0.2) is 6.10 Å². The van der Waals surface area contributed by atoms with Gasteiger partial charge < -0.3 is 24.0 Å². The molecule has 1 aliphatic heterocycles. The number of hydrogen-bond donors (Lipinski definition) is 1. The number of methoxy groups -OCH3 is 1.